The van der Waals surface area contributed by atoms with Crippen molar-refractivity contribution in [1.82, 2.24) is 0 Å². The molecule has 0 saturated heterocycles. The van der Waals surface area contributed by atoms with Crippen molar-refractivity contribution in [2.75, 3.05) is 0 Å². The van der Waals surface area contributed by atoms with Gasteiger partial charge in [-0.3, -0.25) is 9.59 Å². The topological polar surface area (TPSA) is 34.1 Å². The average Bonchev–Trinajstić information content (AvgIpc) is 2.65. The molecule has 0 spiro atoms. The van der Waals surface area contributed by atoms with Crippen LogP contribution < -0.4 is 0 Å². The van der Waals surface area contributed by atoms with Crippen LogP contribution in [0.4, 0.5) is 0 Å². The van der Waals surface area contributed by atoms with Gasteiger partial charge in [0, 0.05) is 16.7 Å². The lowest BCUT2D eigenvalue weighted by Gasteiger charge is -2.10. The molecule has 2 nitrogen and oxygen atoms in total. The number of hydrogen-bond acceptors (Lipinski definition) is 2. The second-order valence-electron chi connectivity index (χ2n) is 5.66. The maximum Gasteiger partial charge on any atom is 0.171 e. The number of rotatable bonds is 4. The summed E-state index contributed by atoms with van der Waals surface area (Å²) in [4.78, 5) is 24.0. The molecule has 0 N–H and O–H groups in total. The summed E-state index contributed by atoms with van der Waals surface area (Å²) in [5.41, 5.74) is 4.33. The third-order valence-electron chi connectivity index (χ3n) is 4.02. The number of terminal acetylenes is 1. The van der Waals surface area contributed by atoms with Gasteiger partial charge in [-0.1, -0.05) is 78.7 Å². The highest BCUT2D eigenvalue weighted by Crippen LogP contribution is 2.29. The lowest BCUT2D eigenvalue weighted by atomic mass is 9.95. The Balaban J connectivity index is 0.000000250. The van der Waals surface area contributed by atoms with E-state index in [1.807, 2.05) is 6.07 Å². The monoisotopic (exact) mass is 324 g/mol. The molecule has 2 aromatic rings. The van der Waals surface area contributed by atoms with Gasteiger partial charge < -0.3 is 0 Å². The second-order valence-corrected chi connectivity index (χ2v) is 5.66. The van der Waals surface area contributed by atoms with Gasteiger partial charge in [0.2, 0.25) is 0 Å². The third-order valence-corrected chi connectivity index (χ3v) is 4.02. The van der Waals surface area contributed by atoms with E-state index in [4.69, 9.17) is 6.42 Å². The molecule has 0 radical (unpaired) electrons. The lowest BCUT2D eigenvalue weighted by Crippen LogP contribution is -2.09. The molecule has 0 fully saturated rings. The van der Waals surface area contributed by atoms with Crippen LogP contribution in [-0.4, -0.2) is 11.6 Å². The van der Waals surface area contributed by atoms with E-state index in [1.54, 1.807) is 48.5 Å². The van der Waals surface area contributed by atoms with Crippen LogP contribution in [0.2, 0.25) is 0 Å². The smallest absolute Gasteiger partial charge is 0.171 e. The van der Waals surface area contributed by atoms with Crippen molar-refractivity contribution in [3.8, 4) is 23.5 Å². The Bertz CT molecular complexity index is 924. The normalized spacial score (nSPS) is 10.0. The minimum Gasteiger partial charge on any atom is -0.294 e. The Morgan fingerprint density at radius 2 is 1.28 bits per heavy atom. The Labute approximate surface area is 147 Å². The van der Waals surface area contributed by atoms with Gasteiger partial charge in [-0.25, -0.2) is 0 Å². The highest BCUT2D eigenvalue weighted by molar-refractivity contribution is 6.14. The van der Waals surface area contributed by atoms with Crippen LogP contribution in [0.15, 0.2) is 78.9 Å². The van der Waals surface area contributed by atoms with Crippen LogP contribution in [0.25, 0.3) is 11.1 Å². The Morgan fingerprint density at radius 1 is 0.720 bits per heavy atom. The standard InChI is InChI=1S/C17H12O2.C6H4/c1-2-13-8-6-7-11-15(13)17(19)12-16(18)14-9-4-3-5-10-14;1-2-6-4-3-5(1)6/h1,3-11H,12H2;1-4H. The zero-order valence-corrected chi connectivity index (χ0v) is 13.6. The Morgan fingerprint density at radius 3 is 1.80 bits per heavy atom. The number of hydrogen-bond donors (Lipinski definition) is 0. The van der Waals surface area contributed by atoms with Gasteiger partial charge in [0.05, 0.1) is 6.42 Å². The van der Waals surface area contributed by atoms with E-state index >= 15 is 0 Å². The predicted molar refractivity (Wildman–Crippen MR) is 99.5 cm³/mol. The summed E-state index contributed by atoms with van der Waals surface area (Å²) in [5.74, 6) is 2.01. The summed E-state index contributed by atoms with van der Waals surface area (Å²) in [6.45, 7) is 0. The van der Waals surface area contributed by atoms with Crippen molar-refractivity contribution in [3.63, 3.8) is 0 Å². The molecule has 25 heavy (non-hydrogen) atoms. The first-order valence-electron chi connectivity index (χ1n) is 7.96. The van der Waals surface area contributed by atoms with Crippen LogP contribution in [0, 0.1) is 12.3 Å². The summed E-state index contributed by atoms with van der Waals surface area (Å²) >= 11 is 0. The maximum atomic E-state index is 12.1. The molecule has 2 aromatic carbocycles. The van der Waals surface area contributed by atoms with Crippen molar-refractivity contribution in [2.45, 2.75) is 6.42 Å². The van der Waals surface area contributed by atoms with E-state index in [-0.39, 0.29) is 18.0 Å². The van der Waals surface area contributed by atoms with Gasteiger partial charge in [-0.05, 0) is 17.2 Å². The molecule has 0 amide bonds. The summed E-state index contributed by atoms with van der Waals surface area (Å²) in [6.07, 6.45) is 5.18. The van der Waals surface area contributed by atoms with Gasteiger partial charge in [0.1, 0.15) is 0 Å². The molecule has 120 valence electrons. The first-order valence-corrected chi connectivity index (χ1v) is 7.96. The second kappa shape index (κ2) is 7.42. The minimum absolute atomic E-state index is 0.164. The van der Waals surface area contributed by atoms with Crippen LogP contribution in [0.3, 0.4) is 0 Å². The van der Waals surface area contributed by atoms with Gasteiger partial charge >= 0.3 is 0 Å². The molecule has 0 saturated carbocycles. The number of Topliss-reactive ketones (excluding diaryl/α,β-unsaturated/α-hetero) is 2. The number of fused-ring (bicyclic) bond motifs is 1. The first-order chi connectivity index (χ1) is 12.2. The van der Waals surface area contributed by atoms with Crippen molar-refractivity contribution in [1.29, 1.82) is 0 Å². The van der Waals surface area contributed by atoms with Crippen molar-refractivity contribution >= 4 is 11.6 Å². The van der Waals surface area contributed by atoms with Crippen LogP contribution >= 0.6 is 0 Å². The van der Waals surface area contributed by atoms with E-state index < -0.39 is 0 Å². The Kier molecular flexibility index (Phi) is 4.87. The fraction of sp³-hybridized carbons (Fsp3) is 0.0435. The summed E-state index contributed by atoms with van der Waals surface area (Å²) in [5, 5.41) is 0. The number of ketones is 2. The fourth-order valence-electron chi connectivity index (χ4n) is 2.48. The lowest BCUT2D eigenvalue weighted by molar-refractivity contribution is 0.0894. The molecule has 0 aliphatic heterocycles. The maximum absolute atomic E-state index is 12.1. The average molecular weight is 324 g/mol. The van der Waals surface area contributed by atoms with Crippen molar-refractivity contribution in [2.24, 2.45) is 0 Å². The summed E-state index contributed by atoms with van der Waals surface area (Å²) in [6, 6.07) is 24.1. The van der Waals surface area contributed by atoms with E-state index in [0.717, 1.165) is 0 Å². The fourth-order valence-corrected chi connectivity index (χ4v) is 2.48. The predicted octanol–water partition coefficient (Wildman–Crippen LogP) is 4.79. The molecule has 0 unspecified atom stereocenters. The van der Waals surface area contributed by atoms with Crippen LogP contribution in [-0.2, 0) is 0 Å². The molecule has 0 atom stereocenters. The summed E-state index contributed by atoms with van der Waals surface area (Å²) in [7, 11) is 0. The SMILES string of the molecule is C#Cc1ccccc1C(=O)CC(=O)c1ccccc1.c1cc2ccc1-2. The van der Waals surface area contributed by atoms with Gasteiger partial charge in [0.25, 0.3) is 0 Å². The zero-order chi connectivity index (χ0) is 17.6. The van der Waals surface area contributed by atoms with Gasteiger partial charge in [-0.2, -0.15) is 0 Å². The van der Waals surface area contributed by atoms with Crippen LogP contribution in [0.5, 0.6) is 0 Å². The molecular weight excluding hydrogens is 308 g/mol. The molecule has 0 aromatic heterocycles. The molecular formula is C23H16O2. The zero-order valence-electron chi connectivity index (χ0n) is 13.6. The molecule has 4 rings (SSSR count). The van der Waals surface area contributed by atoms with Gasteiger partial charge in [0.15, 0.2) is 11.6 Å². The molecule has 2 aliphatic rings. The van der Waals surface area contributed by atoms with Crippen molar-refractivity contribution < 1.29 is 9.59 Å². The quantitative estimate of drug-likeness (QED) is 0.307. The highest BCUT2D eigenvalue weighted by atomic mass is 16.1. The highest BCUT2D eigenvalue weighted by Gasteiger charge is 2.15. The largest absolute Gasteiger partial charge is 0.294 e. The number of carbonyl (C=O) groups is 2. The molecule has 2 aliphatic carbocycles. The number of carbonyl (C=O) groups excluding carboxylic acids is 2. The first kappa shape index (κ1) is 16.4. The third kappa shape index (κ3) is 3.73. The molecule has 2 heteroatoms. The number of benzene rings is 3. The van der Waals surface area contributed by atoms with E-state index in [9.17, 15) is 9.59 Å². The van der Waals surface area contributed by atoms with Crippen molar-refractivity contribution in [3.05, 3.63) is 95.6 Å². The molecule has 0 heterocycles. The van der Waals surface area contributed by atoms with E-state index in [2.05, 4.69) is 30.2 Å². The van der Waals surface area contributed by atoms with E-state index in [1.165, 1.54) is 11.1 Å². The Hall–Kier alpha value is -3.44. The van der Waals surface area contributed by atoms with E-state index in [0.29, 0.717) is 16.7 Å². The molecule has 0 bridgehead atoms. The summed E-state index contributed by atoms with van der Waals surface area (Å²) < 4.78 is 0. The minimum atomic E-state index is -0.248. The van der Waals surface area contributed by atoms with Crippen LogP contribution in [0.1, 0.15) is 32.7 Å². The van der Waals surface area contributed by atoms with Gasteiger partial charge in [-0.15, -0.1) is 6.42 Å².